The molecule has 1 fully saturated rings. The summed E-state index contributed by atoms with van der Waals surface area (Å²) in [5.41, 5.74) is 0. The molecule has 19 heavy (non-hydrogen) atoms. The summed E-state index contributed by atoms with van der Waals surface area (Å²) >= 11 is 1.60. The van der Waals surface area contributed by atoms with Gasteiger partial charge in [-0.05, 0) is 20.3 Å². The van der Waals surface area contributed by atoms with E-state index in [1.165, 1.54) is 4.90 Å². The summed E-state index contributed by atoms with van der Waals surface area (Å²) in [7, 11) is 0. The summed E-state index contributed by atoms with van der Waals surface area (Å²) in [4.78, 5) is 30.8. The van der Waals surface area contributed by atoms with E-state index in [1.807, 2.05) is 27.0 Å². The van der Waals surface area contributed by atoms with Crippen LogP contribution in [0.1, 0.15) is 36.6 Å². The van der Waals surface area contributed by atoms with Crippen molar-refractivity contribution in [3.63, 3.8) is 0 Å². The van der Waals surface area contributed by atoms with Crippen molar-refractivity contribution in [1.29, 1.82) is 0 Å². The van der Waals surface area contributed by atoms with E-state index in [1.54, 1.807) is 11.3 Å². The lowest BCUT2D eigenvalue weighted by Crippen LogP contribution is -2.42. The van der Waals surface area contributed by atoms with Crippen LogP contribution in [-0.4, -0.2) is 33.8 Å². The number of hydrogen-bond acceptors (Lipinski definition) is 5. The maximum atomic E-state index is 12.2. The van der Waals surface area contributed by atoms with E-state index < -0.39 is 6.04 Å². The SMILES string of the molecule is CCC(C)N1C(=O)CC(NCc2ncc(C)s2)C1=O. The lowest BCUT2D eigenvalue weighted by molar-refractivity contribution is -0.141. The van der Waals surface area contributed by atoms with Gasteiger partial charge < -0.3 is 0 Å². The normalized spacial score (nSPS) is 21.2. The zero-order valence-electron chi connectivity index (χ0n) is 11.5. The molecule has 0 radical (unpaired) electrons. The number of thiazole rings is 1. The van der Waals surface area contributed by atoms with Crippen molar-refractivity contribution in [2.75, 3.05) is 0 Å². The summed E-state index contributed by atoms with van der Waals surface area (Å²) in [6.07, 6.45) is 2.86. The highest BCUT2D eigenvalue weighted by atomic mass is 32.1. The van der Waals surface area contributed by atoms with Gasteiger partial charge in [0, 0.05) is 23.7 Å². The molecule has 104 valence electrons. The van der Waals surface area contributed by atoms with E-state index in [0.29, 0.717) is 6.54 Å². The molecule has 0 saturated carbocycles. The molecule has 2 atom stereocenters. The molecule has 1 aliphatic heterocycles. The van der Waals surface area contributed by atoms with E-state index in [-0.39, 0.29) is 24.3 Å². The minimum Gasteiger partial charge on any atom is -0.299 e. The third kappa shape index (κ3) is 3.01. The van der Waals surface area contributed by atoms with Gasteiger partial charge in [0.25, 0.3) is 0 Å². The van der Waals surface area contributed by atoms with E-state index in [0.717, 1.165) is 16.3 Å². The first-order chi connectivity index (χ1) is 9.02. The molecule has 1 aromatic heterocycles. The fourth-order valence-electron chi connectivity index (χ4n) is 2.15. The minimum absolute atomic E-state index is 0.0195. The Hall–Kier alpha value is -1.27. The van der Waals surface area contributed by atoms with Crippen LogP contribution >= 0.6 is 11.3 Å². The van der Waals surface area contributed by atoms with Crippen LogP contribution in [0.3, 0.4) is 0 Å². The zero-order chi connectivity index (χ0) is 14.0. The summed E-state index contributed by atoms with van der Waals surface area (Å²) in [6, 6.07) is -0.417. The number of nitrogens with zero attached hydrogens (tertiary/aromatic N) is 2. The Balaban J connectivity index is 1.95. The molecule has 1 aliphatic rings. The van der Waals surface area contributed by atoms with Gasteiger partial charge in [0.15, 0.2) is 0 Å². The number of rotatable bonds is 5. The van der Waals surface area contributed by atoms with Gasteiger partial charge in [0.05, 0.1) is 12.5 Å². The highest BCUT2D eigenvalue weighted by molar-refractivity contribution is 7.11. The highest BCUT2D eigenvalue weighted by Gasteiger charge is 2.40. The number of likely N-dealkylation sites (tertiary alicyclic amines) is 1. The average molecular weight is 281 g/mol. The van der Waals surface area contributed by atoms with Crippen LogP contribution < -0.4 is 5.32 Å². The van der Waals surface area contributed by atoms with Crippen molar-refractivity contribution in [3.05, 3.63) is 16.1 Å². The Morgan fingerprint density at radius 2 is 2.32 bits per heavy atom. The molecule has 0 spiro atoms. The smallest absolute Gasteiger partial charge is 0.247 e. The van der Waals surface area contributed by atoms with Gasteiger partial charge in [-0.15, -0.1) is 11.3 Å². The molecule has 2 heterocycles. The molecule has 0 bridgehead atoms. The maximum absolute atomic E-state index is 12.2. The number of aryl methyl sites for hydroxylation is 1. The van der Waals surface area contributed by atoms with E-state index in [4.69, 9.17) is 0 Å². The van der Waals surface area contributed by atoms with Gasteiger partial charge in [-0.1, -0.05) is 6.92 Å². The number of aromatic nitrogens is 1. The van der Waals surface area contributed by atoms with Crippen molar-refractivity contribution < 1.29 is 9.59 Å². The van der Waals surface area contributed by atoms with E-state index in [2.05, 4.69) is 10.3 Å². The third-order valence-electron chi connectivity index (χ3n) is 3.38. The number of carbonyl (C=O) groups excluding carboxylic acids is 2. The minimum atomic E-state index is -0.397. The second-order valence-electron chi connectivity index (χ2n) is 4.86. The van der Waals surface area contributed by atoms with Crippen LogP contribution in [0.15, 0.2) is 6.20 Å². The standard InChI is InChI=1S/C13H19N3O2S/c1-4-8(2)16-12(17)5-10(13(16)18)14-7-11-15-6-9(3)19-11/h6,8,10,14H,4-5,7H2,1-3H3. The predicted octanol–water partition coefficient (Wildman–Crippen LogP) is 1.47. The van der Waals surface area contributed by atoms with Gasteiger partial charge in [-0.2, -0.15) is 0 Å². The quantitative estimate of drug-likeness (QED) is 0.830. The molecule has 1 saturated heterocycles. The molecule has 1 aromatic rings. The van der Waals surface area contributed by atoms with Crippen molar-refractivity contribution in [1.82, 2.24) is 15.2 Å². The summed E-state index contributed by atoms with van der Waals surface area (Å²) in [5, 5.41) is 4.08. The Kier molecular flexibility index (Phi) is 4.31. The first-order valence-electron chi connectivity index (χ1n) is 6.53. The topological polar surface area (TPSA) is 62.3 Å². The predicted molar refractivity (Wildman–Crippen MR) is 73.7 cm³/mol. The van der Waals surface area contributed by atoms with Crippen LogP contribution in [0.4, 0.5) is 0 Å². The van der Waals surface area contributed by atoms with Crippen LogP contribution in [0.5, 0.6) is 0 Å². The van der Waals surface area contributed by atoms with Crippen molar-refractivity contribution in [2.24, 2.45) is 0 Å². The maximum Gasteiger partial charge on any atom is 0.247 e. The summed E-state index contributed by atoms with van der Waals surface area (Å²) < 4.78 is 0. The lowest BCUT2D eigenvalue weighted by atomic mass is 10.2. The molecule has 2 rings (SSSR count). The molecule has 0 aromatic carbocycles. The molecule has 0 aliphatic carbocycles. The number of hydrogen-bond donors (Lipinski definition) is 1. The molecular formula is C13H19N3O2S. The Bertz CT molecular complexity index is 486. The molecule has 2 unspecified atom stereocenters. The lowest BCUT2D eigenvalue weighted by Gasteiger charge is -2.21. The number of nitrogens with one attached hydrogen (secondary N) is 1. The average Bonchev–Trinajstić information content (AvgIpc) is 2.90. The molecule has 1 N–H and O–H groups in total. The van der Waals surface area contributed by atoms with Crippen LogP contribution in [0, 0.1) is 6.92 Å². The largest absolute Gasteiger partial charge is 0.299 e. The van der Waals surface area contributed by atoms with E-state index in [9.17, 15) is 9.59 Å². The third-order valence-corrected chi connectivity index (χ3v) is 4.30. The van der Waals surface area contributed by atoms with E-state index >= 15 is 0 Å². The van der Waals surface area contributed by atoms with Gasteiger partial charge in [0.1, 0.15) is 5.01 Å². The van der Waals surface area contributed by atoms with Crippen LogP contribution in [0.2, 0.25) is 0 Å². The fourth-order valence-corrected chi connectivity index (χ4v) is 2.89. The Morgan fingerprint density at radius 1 is 1.58 bits per heavy atom. The van der Waals surface area contributed by atoms with Crippen molar-refractivity contribution in [3.8, 4) is 0 Å². The van der Waals surface area contributed by atoms with Crippen LogP contribution in [-0.2, 0) is 16.1 Å². The first kappa shape index (κ1) is 14.1. The van der Waals surface area contributed by atoms with Crippen LogP contribution in [0.25, 0.3) is 0 Å². The fraction of sp³-hybridized carbons (Fsp3) is 0.615. The number of carbonyl (C=O) groups is 2. The van der Waals surface area contributed by atoms with Crippen molar-refractivity contribution in [2.45, 2.75) is 52.2 Å². The second kappa shape index (κ2) is 5.79. The molecular weight excluding hydrogens is 262 g/mol. The number of imide groups is 1. The van der Waals surface area contributed by atoms with Crippen molar-refractivity contribution >= 4 is 23.2 Å². The van der Waals surface area contributed by atoms with Gasteiger partial charge in [0.2, 0.25) is 11.8 Å². The molecule has 2 amide bonds. The highest BCUT2D eigenvalue weighted by Crippen LogP contribution is 2.19. The monoisotopic (exact) mass is 281 g/mol. The van der Waals surface area contributed by atoms with Gasteiger partial charge in [-0.3, -0.25) is 19.8 Å². The number of amides is 2. The Morgan fingerprint density at radius 3 is 2.89 bits per heavy atom. The van der Waals surface area contributed by atoms with Gasteiger partial charge >= 0.3 is 0 Å². The second-order valence-corrected chi connectivity index (χ2v) is 6.18. The molecule has 6 heteroatoms. The summed E-state index contributed by atoms with van der Waals surface area (Å²) in [5.74, 6) is -0.181. The first-order valence-corrected chi connectivity index (χ1v) is 7.35. The Labute approximate surface area is 117 Å². The van der Waals surface area contributed by atoms with Gasteiger partial charge in [-0.25, -0.2) is 4.98 Å². The summed E-state index contributed by atoms with van der Waals surface area (Å²) in [6.45, 7) is 6.42. The molecule has 5 nitrogen and oxygen atoms in total. The zero-order valence-corrected chi connectivity index (χ0v) is 12.3.